The predicted molar refractivity (Wildman–Crippen MR) is 98.3 cm³/mol. The fraction of sp³-hybridized carbons (Fsp3) is 0.250. The smallest absolute Gasteiger partial charge is 0.196 e. The van der Waals surface area contributed by atoms with Crippen LogP contribution in [0.25, 0.3) is 5.65 Å². The minimum absolute atomic E-state index is 0.0642. The van der Waals surface area contributed by atoms with Crippen molar-refractivity contribution in [2.45, 2.75) is 25.9 Å². The molecule has 0 saturated heterocycles. The number of aromatic amines is 1. The second kappa shape index (κ2) is 6.82. The van der Waals surface area contributed by atoms with Crippen LogP contribution in [0.3, 0.4) is 0 Å². The Morgan fingerprint density at radius 1 is 1.28 bits per heavy atom. The van der Waals surface area contributed by atoms with Crippen LogP contribution in [-0.2, 0) is 0 Å². The molecule has 0 bridgehead atoms. The van der Waals surface area contributed by atoms with Crippen LogP contribution >= 0.6 is 35.0 Å². The number of ketones is 2. The first-order valence-electron chi connectivity index (χ1n) is 7.35. The summed E-state index contributed by atoms with van der Waals surface area (Å²) < 4.78 is 1.65. The van der Waals surface area contributed by atoms with E-state index in [4.69, 9.17) is 23.2 Å². The number of pyridine rings is 1. The Morgan fingerprint density at radius 3 is 2.64 bits per heavy atom. The van der Waals surface area contributed by atoms with Crippen LogP contribution < -0.4 is 0 Å². The van der Waals surface area contributed by atoms with Crippen LogP contribution in [0.5, 0.6) is 0 Å². The van der Waals surface area contributed by atoms with E-state index >= 15 is 0 Å². The molecule has 0 aliphatic rings. The topological polar surface area (TPSA) is 80.1 Å². The average molecular weight is 397 g/mol. The van der Waals surface area contributed by atoms with Crippen molar-refractivity contribution in [3.8, 4) is 0 Å². The number of halogens is 2. The highest BCUT2D eigenvalue weighted by atomic mass is 35.5. The first kappa shape index (κ1) is 18.0. The predicted octanol–water partition coefficient (Wildman–Crippen LogP) is 4.16. The lowest BCUT2D eigenvalue weighted by Crippen LogP contribution is -2.06. The molecular formula is C16H14Cl2N4O2S. The fourth-order valence-electron chi connectivity index (χ4n) is 2.76. The summed E-state index contributed by atoms with van der Waals surface area (Å²) in [6, 6.07) is 1.58. The van der Waals surface area contributed by atoms with Crippen molar-refractivity contribution in [1.29, 1.82) is 0 Å². The molecule has 3 aromatic rings. The first-order valence-corrected chi connectivity index (χ1v) is 9.09. The van der Waals surface area contributed by atoms with Crippen molar-refractivity contribution >= 4 is 52.2 Å². The number of fused-ring (bicyclic) bond motifs is 1. The summed E-state index contributed by atoms with van der Waals surface area (Å²) in [6.45, 7) is 5.04. The Hall–Kier alpha value is -1.83. The summed E-state index contributed by atoms with van der Waals surface area (Å²) >= 11 is 13.3. The lowest BCUT2D eigenvalue weighted by atomic mass is 10.1. The molecule has 3 rings (SSSR count). The van der Waals surface area contributed by atoms with Crippen molar-refractivity contribution in [3.05, 3.63) is 44.8 Å². The van der Waals surface area contributed by atoms with Gasteiger partial charge in [0.15, 0.2) is 22.4 Å². The highest BCUT2D eigenvalue weighted by Gasteiger charge is 2.20. The van der Waals surface area contributed by atoms with Crippen LogP contribution in [0.4, 0.5) is 0 Å². The van der Waals surface area contributed by atoms with Gasteiger partial charge in [0.2, 0.25) is 0 Å². The number of thioether (sulfide) groups is 1. The van der Waals surface area contributed by atoms with Crippen molar-refractivity contribution in [2.75, 3.05) is 5.75 Å². The molecular weight excluding hydrogens is 383 g/mol. The first-order chi connectivity index (χ1) is 11.8. The van der Waals surface area contributed by atoms with Crippen molar-refractivity contribution < 1.29 is 9.59 Å². The molecule has 3 aromatic heterocycles. The quantitative estimate of drug-likeness (QED) is 0.517. The van der Waals surface area contributed by atoms with E-state index < -0.39 is 0 Å². The molecule has 0 radical (unpaired) electrons. The van der Waals surface area contributed by atoms with Gasteiger partial charge in [-0.1, -0.05) is 35.0 Å². The zero-order chi connectivity index (χ0) is 18.3. The van der Waals surface area contributed by atoms with Crippen molar-refractivity contribution in [3.63, 3.8) is 0 Å². The molecule has 3 heterocycles. The molecule has 25 heavy (non-hydrogen) atoms. The summed E-state index contributed by atoms with van der Waals surface area (Å²) in [5, 5.41) is 9.41. The van der Waals surface area contributed by atoms with Gasteiger partial charge in [0, 0.05) is 17.5 Å². The third kappa shape index (κ3) is 3.31. The molecule has 0 fully saturated rings. The summed E-state index contributed by atoms with van der Waals surface area (Å²) in [5.74, 6) is -0.0445. The number of aryl methyl sites for hydroxylation is 1. The number of H-pyrrole nitrogens is 1. The normalized spacial score (nSPS) is 11.2. The van der Waals surface area contributed by atoms with E-state index in [-0.39, 0.29) is 17.3 Å². The second-order valence-electron chi connectivity index (χ2n) is 5.58. The minimum Gasteiger partial charge on any atom is -0.355 e. The molecule has 9 heteroatoms. The fourth-order valence-corrected chi connectivity index (χ4v) is 4.05. The highest BCUT2D eigenvalue weighted by molar-refractivity contribution is 7.99. The Labute approximate surface area is 157 Å². The van der Waals surface area contributed by atoms with Gasteiger partial charge in [-0.15, -0.1) is 10.2 Å². The van der Waals surface area contributed by atoms with Gasteiger partial charge in [0.25, 0.3) is 0 Å². The zero-order valence-electron chi connectivity index (χ0n) is 13.7. The maximum atomic E-state index is 12.5. The van der Waals surface area contributed by atoms with Crippen LogP contribution in [0.15, 0.2) is 17.4 Å². The third-order valence-electron chi connectivity index (χ3n) is 3.80. The number of Topliss-reactive ketones (excluding diaryl/α,β-unsaturated/α-hetero) is 2. The third-order valence-corrected chi connectivity index (χ3v) is 5.22. The van der Waals surface area contributed by atoms with E-state index in [1.54, 1.807) is 30.5 Å². The number of rotatable bonds is 5. The standard InChI is InChI=1S/C16H14Cl2N4O2S/c1-7-13(9(3)23)8(2)19-14(7)12(24)6-25-16-21-20-15-11(18)4-10(17)5-22(15)16/h4-5,19H,6H2,1-3H3. The molecule has 130 valence electrons. The summed E-state index contributed by atoms with van der Waals surface area (Å²) in [7, 11) is 0. The van der Waals surface area contributed by atoms with E-state index in [1.165, 1.54) is 18.7 Å². The molecule has 0 aliphatic carbocycles. The van der Waals surface area contributed by atoms with E-state index in [1.807, 2.05) is 0 Å². The Bertz CT molecular complexity index is 1010. The van der Waals surface area contributed by atoms with Gasteiger partial charge in [-0.05, 0) is 32.4 Å². The van der Waals surface area contributed by atoms with Gasteiger partial charge in [-0.3, -0.25) is 14.0 Å². The number of nitrogens with one attached hydrogen (secondary N) is 1. The van der Waals surface area contributed by atoms with Crippen LogP contribution in [0.2, 0.25) is 10.0 Å². The summed E-state index contributed by atoms with van der Waals surface area (Å²) in [6.07, 6.45) is 1.65. The highest BCUT2D eigenvalue weighted by Crippen LogP contribution is 2.26. The monoisotopic (exact) mass is 396 g/mol. The Morgan fingerprint density at radius 2 is 2.00 bits per heavy atom. The van der Waals surface area contributed by atoms with Gasteiger partial charge >= 0.3 is 0 Å². The maximum absolute atomic E-state index is 12.5. The summed E-state index contributed by atoms with van der Waals surface area (Å²) in [5.41, 5.74) is 2.87. The average Bonchev–Trinajstić information content (AvgIpc) is 3.05. The molecule has 1 N–H and O–H groups in total. The Kier molecular flexibility index (Phi) is 4.90. The number of carbonyl (C=O) groups excluding carboxylic acids is 2. The molecule has 0 atom stereocenters. The lowest BCUT2D eigenvalue weighted by Gasteiger charge is -2.02. The molecule has 6 nitrogen and oxygen atoms in total. The minimum atomic E-state index is -0.122. The second-order valence-corrected chi connectivity index (χ2v) is 7.36. The van der Waals surface area contributed by atoms with E-state index in [0.29, 0.717) is 43.4 Å². The van der Waals surface area contributed by atoms with Crippen LogP contribution in [0, 0.1) is 13.8 Å². The van der Waals surface area contributed by atoms with E-state index in [9.17, 15) is 9.59 Å². The van der Waals surface area contributed by atoms with E-state index in [2.05, 4.69) is 15.2 Å². The van der Waals surface area contributed by atoms with Gasteiger partial charge in [-0.2, -0.15) is 0 Å². The van der Waals surface area contributed by atoms with Crippen molar-refractivity contribution in [2.24, 2.45) is 0 Å². The van der Waals surface area contributed by atoms with Gasteiger partial charge in [-0.25, -0.2) is 0 Å². The molecule has 0 aromatic carbocycles. The largest absolute Gasteiger partial charge is 0.355 e. The van der Waals surface area contributed by atoms with Gasteiger partial charge < -0.3 is 4.98 Å². The molecule has 0 amide bonds. The summed E-state index contributed by atoms with van der Waals surface area (Å²) in [4.78, 5) is 27.3. The van der Waals surface area contributed by atoms with Crippen LogP contribution in [-0.4, -0.2) is 36.9 Å². The van der Waals surface area contributed by atoms with E-state index in [0.717, 1.165) is 0 Å². The zero-order valence-corrected chi connectivity index (χ0v) is 16.0. The lowest BCUT2D eigenvalue weighted by molar-refractivity contribution is 0.101. The van der Waals surface area contributed by atoms with Gasteiger partial charge in [0.05, 0.1) is 21.5 Å². The number of carbonyl (C=O) groups is 2. The SMILES string of the molecule is CC(=O)c1c(C)[nH]c(C(=O)CSc2nnc3c(Cl)cc(Cl)cn23)c1C. The van der Waals surface area contributed by atoms with Gasteiger partial charge in [0.1, 0.15) is 0 Å². The van der Waals surface area contributed by atoms with Crippen LogP contribution in [0.1, 0.15) is 39.0 Å². The maximum Gasteiger partial charge on any atom is 0.196 e. The molecule has 0 spiro atoms. The molecule has 0 aliphatic heterocycles. The molecule has 0 unspecified atom stereocenters. The van der Waals surface area contributed by atoms with Crippen molar-refractivity contribution in [1.82, 2.24) is 19.6 Å². The number of nitrogens with zero attached hydrogens (tertiary/aromatic N) is 3. The number of hydrogen-bond acceptors (Lipinski definition) is 5. The molecule has 0 saturated carbocycles. The number of aromatic nitrogens is 4. The Balaban J connectivity index is 1.84. The number of hydrogen-bond donors (Lipinski definition) is 1.